The second-order valence-corrected chi connectivity index (χ2v) is 8.08. The minimum absolute atomic E-state index is 0.0627. The van der Waals surface area contributed by atoms with Crippen LogP contribution in [0.4, 0.5) is 0 Å². The largest absolute Gasteiger partial charge is 0.377 e. The molecular formula is C12H20N2O3S2. The molecule has 1 atom stereocenters. The Hall–Kier alpha value is -0.470. The quantitative estimate of drug-likeness (QED) is 0.914. The van der Waals surface area contributed by atoms with Crippen LogP contribution >= 0.6 is 11.3 Å². The number of hydrogen-bond donors (Lipinski definition) is 1. The van der Waals surface area contributed by atoms with Crippen LogP contribution < -0.4 is 5.73 Å². The molecule has 2 N–H and O–H groups in total. The first-order chi connectivity index (χ1) is 8.95. The summed E-state index contributed by atoms with van der Waals surface area (Å²) in [7, 11) is -3.41. The molecule has 2 rings (SSSR count). The second kappa shape index (κ2) is 5.88. The average molecular weight is 304 g/mol. The van der Waals surface area contributed by atoms with Crippen molar-refractivity contribution in [3.8, 4) is 0 Å². The van der Waals surface area contributed by atoms with Crippen molar-refractivity contribution in [1.29, 1.82) is 0 Å². The molecule has 0 aliphatic carbocycles. The Kier molecular flexibility index (Phi) is 4.62. The van der Waals surface area contributed by atoms with E-state index in [1.54, 1.807) is 6.07 Å². The van der Waals surface area contributed by atoms with E-state index in [9.17, 15) is 8.42 Å². The van der Waals surface area contributed by atoms with Gasteiger partial charge in [0.05, 0.1) is 6.10 Å². The summed E-state index contributed by atoms with van der Waals surface area (Å²) in [5.41, 5.74) is 6.56. The van der Waals surface area contributed by atoms with Crippen LogP contribution in [-0.2, 0) is 21.3 Å². The lowest BCUT2D eigenvalue weighted by atomic mass is 10.3. The highest BCUT2D eigenvalue weighted by atomic mass is 32.2. The molecule has 1 aromatic rings. The van der Waals surface area contributed by atoms with Gasteiger partial charge in [-0.2, -0.15) is 4.31 Å². The zero-order valence-electron chi connectivity index (χ0n) is 11.3. The van der Waals surface area contributed by atoms with Crippen LogP contribution in [0.15, 0.2) is 10.3 Å². The first-order valence-corrected chi connectivity index (χ1v) is 8.62. The van der Waals surface area contributed by atoms with Gasteiger partial charge in [-0.05, 0) is 31.9 Å². The van der Waals surface area contributed by atoms with Crippen molar-refractivity contribution in [2.45, 2.75) is 37.1 Å². The fourth-order valence-corrected chi connectivity index (χ4v) is 5.30. The Morgan fingerprint density at radius 3 is 2.95 bits per heavy atom. The fourth-order valence-electron chi connectivity index (χ4n) is 2.12. The summed E-state index contributed by atoms with van der Waals surface area (Å²) in [5, 5.41) is 0. The van der Waals surface area contributed by atoms with Crippen LogP contribution in [-0.4, -0.2) is 38.5 Å². The monoisotopic (exact) mass is 304 g/mol. The topological polar surface area (TPSA) is 72.6 Å². The second-order valence-electron chi connectivity index (χ2n) is 4.77. The molecule has 1 aromatic heterocycles. The van der Waals surface area contributed by atoms with Crippen molar-refractivity contribution in [3.63, 3.8) is 0 Å². The van der Waals surface area contributed by atoms with Gasteiger partial charge in [0, 0.05) is 31.1 Å². The maximum atomic E-state index is 12.6. The third kappa shape index (κ3) is 3.17. The van der Waals surface area contributed by atoms with Crippen LogP contribution in [0.25, 0.3) is 0 Å². The van der Waals surface area contributed by atoms with E-state index in [1.165, 1.54) is 15.6 Å². The summed E-state index contributed by atoms with van der Waals surface area (Å²) in [5.74, 6) is 0. The van der Waals surface area contributed by atoms with Gasteiger partial charge < -0.3 is 10.5 Å². The summed E-state index contributed by atoms with van der Waals surface area (Å²) in [6.45, 7) is 5.72. The molecule has 0 amide bonds. The molecule has 1 aliphatic heterocycles. The lowest BCUT2D eigenvalue weighted by molar-refractivity contribution is 0.0752. The van der Waals surface area contributed by atoms with E-state index in [1.807, 2.05) is 13.8 Å². The number of sulfonamides is 1. The fraction of sp³-hybridized carbons (Fsp3) is 0.667. The van der Waals surface area contributed by atoms with Gasteiger partial charge in [0.1, 0.15) is 4.21 Å². The number of hydrogen-bond acceptors (Lipinski definition) is 5. The van der Waals surface area contributed by atoms with Gasteiger partial charge in [0.2, 0.25) is 0 Å². The van der Waals surface area contributed by atoms with Gasteiger partial charge in [0.25, 0.3) is 10.0 Å². The Balaban J connectivity index is 2.29. The van der Waals surface area contributed by atoms with Crippen LogP contribution in [0.2, 0.25) is 0 Å². The molecular weight excluding hydrogens is 284 g/mol. The van der Waals surface area contributed by atoms with Crippen molar-refractivity contribution in [2.75, 3.05) is 19.7 Å². The minimum atomic E-state index is -3.41. The normalized spacial score (nSPS) is 22.4. The summed E-state index contributed by atoms with van der Waals surface area (Å²) < 4.78 is 32.6. The number of rotatable bonds is 3. The summed E-state index contributed by atoms with van der Waals surface area (Å²) >= 11 is 1.27. The van der Waals surface area contributed by atoms with Crippen molar-refractivity contribution < 1.29 is 13.2 Å². The molecule has 7 heteroatoms. The van der Waals surface area contributed by atoms with Gasteiger partial charge in [-0.3, -0.25) is 0 Å². The molecule has 1 fully saturated rings. The lowest BCUT2D eigenvalue weighted by Crippen LogP contribution is -2.35. The van der Waals surface area contributed by atoms with E-state index < -0.39 is 10.0 Å². The number of nitrogens with two attached hydrogens (primary N) is 1. The van der Waals surface area contributed by atoms with Gasteiger partial charge >= 0.3 is 0 Å². The SMILES string of the molecule is Cc1cc(S(=O)(=O)N2CCCOC(C)C2)sc1CN. The van der Waals surface area contributed by atoms with E-state index in [4.69, 9.17) is 10.5 Å². The maximum absolute atomic E-state index is 12.6. The molecule has 5 nitrogen and oxygen atoms in total. The highest BCUT2D eigenvalue weighted by Crippen LogP contribution is 2.29. The van der Waals surface area contributed by atoms with Gasteiger partial charge in [-0.1, -0.05) is 0 Å². The molecule has 0 bridgehead atoms. The first-order valence-electron chi connectivity index (χ1n) is 6.36. The Morgan fingerprint density at radius 1 is 1.58 bits per heavy atom. The van der Waals surface area contributed by atoms with Crippen molar-refractivity contribution in [1.82, 2.24) is 4.31 Å². The van der Waals surface area contributed by atoms with E-state index in [-0.39, 0.29) is 6.10 Å². The zero-order valence-corrected chi connectivity index (χ0v) is 12.9. The number of nitrogens with zero attached hydrogens (tertiary/aromatic N) is 1. The van der Waals surface area contributed by atoms with E-state index in [2.05, 4.69) is 0 Å². The predicted octanol–water partition coefficient (Wildman–Crippen LogP) is 1.31. The molecule has 0 aromatic carbocycles. The predicted molar refractivity (Wildman–Crippen MR) is 75.7 cm³/mol. The number of aryl methyl sites for hydroxylation is 1. The van der Waals surface area contributed by atoms with Crippen molar-refractivity contribution >= 4 is 21.4 Å². The van der Waals surface area contributed by atoms with Crippen LogP contribution in [0.3, 0.4) is 0 Å². The molecule has 1 unspecified atom stereocenters. The van der Waals surface area contributed by atoms with E-state index in [0.717, 1.165) is 16.9 Å². The van der Waals surface area contributed by atoms with Crippen LogP contribution in [0, 0.1) is 6.92 Å². The molecule has 1 saturated heterocycles. The highest BCUT2D eigenvalue weighted by molar-refractivity contribution is 7.91. The molecule has 108 valence electrons. The number of thiophene rings is 1. The highest BCUT2D eigenvalue weighted by Gasteiger charge is 2.29. The maximum Gasteiger partial charge on any atom is 0.252 e. The molecule has 2 heterocycles. The van der Waals surface area contributed by atoms with Gasteiger partial charge in [0.15, 0.2) is 0 Å². The average Bonchev–Trinajstić information content (AvgIpc) is 2.60. The van der Waals surface area contributed by atoms with Gasteiger partial charge in [-0.15, -0.1) is 11.3 Å². The standard InChI is InChI=1S/C12H20N2O3S2/c1-9-6-12(18-11(9)7-13)19(15,16)14-4-3-5-17-10(2)8-14/h6,10H,3-5,7-8,13H2,1-2H3. The van der Waals surface area contributed by atoms with Crippen LogP contribution in [0.1, 0.15) is 23.8 Å². The van der Waals surface area contributed by atoms with Crippen molar-refractivity contribution in [2.24, 2.45) is 5.73 Å². The Bertz CT molecular complexity index is 539. The summed E-state index contributed by atoms with van der Waals surface area (Å²) in [6, 6.07) is 1.72. The van der Waals surface area contributed by atoms with E-state index in [0.29, 0.717) is 30.5 Å². The molecule has 0 radical (unpaired) electrons. The van der Waals surface area contributed by atoms with Crippen molar-refractivity contribution in [3.05, 3.63) is 16.5 Å². The molecule has 0 saturated carbocycles. The third-order valence-electron chi connectivity index (χ3n) is 3.19. The Labute approximate surface area is 118 Å². The summed E-state index contributed by atoms with van der Waals surface area (Å²) in [4.78, 5) is 0.928. The van der Waals surface area contributed by atoms with E-state index >= 15 is 0 Å². The first kappa shape index (κ1) is 14.9. The molecule has 1 aliphatic rings. The number of ether oxygens (including phenoxy) is 1. The minimum Gasteiger partial charge on any atom is -0.377 e. The third-order valence-corrected chi connectivity index (χ3v) is 6.77. The zero-order chi connectivity index (χ0) is 14.0. The molecule has 0 spiro atoms. The summed E-state index contributed by atoms with van der Waals surface area (Å²) in [6.07, 6.45) is 0.671. The van der Waals surface area contributed by atoms with Gasteiger partial charge in [-0.25, -0.2) is 8.42 Å². The Morgan fingerprint density at radius 2 is 2.32 bits per heavy atom. The molecule has 19 heavy (non-hydrogen) atoms. The van der Waals surface area contributed by atoms with Crippen LogP contribution in [0.5, 0.6) is 0 Å². The lowest BCUT2D eigenvalue weighted by Gasteiger charge is -2.20. The smallest absolute Gasteiger partial charge is 0.252 e.